The van der Waals surface area contributed by atoms with Gasteiger partial charge in [0.1, 0.15) is 12.1 Å². The van der Waals surface area contributed by atoms with Crippen LogP contribution < -0.4 is 10.6 Å². The summed E-state index contributed by atoms with van der Waals surface area (Å²) in [5.41, 5.74) is -0.505. The molecule has 0 aromatic rings. The molecule has 1 rings (SSSR count). The summed E-state index contributed by atoms with van der Waals surface area (Å²) in [5.74, 6) is 0.551. The standard InChI is InChI=1S/C19H37N5O3.HI/c1-8-14(2)21-17(20-12-16(25)23(6)7)22-15-10-9-11-24(13-15)18(26)27-19(3,4)5;/h14-15H,8-13H2,1-7H3,(H2,20,21,22);1H. The first-order valence-electron chi connectivity index (χ1n) is 9.77. The number of nitrogens with one attached hydrogen (secondary N) is 2. The van der Waals surface area contributed by atoms with Crippen molar-refractivity contribution in [2.24, 2.45) is 4.99 Å². The van der Waals surface area contributed by atoms with Gasteiger partial charge in [-0.1, -0.05) is 6.92 Å². The zero-order valence-electron chi connectivity index (χ0n) is 18.4. The van der Waals surface area contributed by atoms with E-state index < -0.39 is 5.60 Å². The van der Waals surface area contributed by atoms with E-state index in [4.69, 9.17) is 4.74 Å². The Morgan fingerprint density at radius 2 is 1.96 bits per heavy atom. The van der Waals surface area contributed by atoms with E-state index >= 15 is 0 Å². The zero-order valence-corrected chi connectivity index (χ0v) is 20.7. The molecule has 0 radical (unpaired) electrons. The van der Waals surface area contributed by atoms with Gasteiger partial charge in [0, 0.05) is 39.3 Å². The highest BCUT2D eigenvalue weighted by Gasteiger charge is 2.28. The Bertz CT molecular complexity index is 534. The van der Waals surface area contributed by atoms with Gasteiger partial charge in [-0.15, -0.1) is 24.0 Å². The highest BCUT2D eigenvalue weighted by Crippen LogP contribution is 2.15. The van der Waals surface area contributed by atoms with Gasteiger partial charge in [0.15, 0.2) is 5.96 Å². The molecule has 1 saturated heterocycles. The smallest absolute Gasteiger partial charge is 0.410 e. The van der Waals surface area contributed by atoms with Crippen LogP contribution in [0.5, 0.6) is 0 Å². The van der Waals surface area contributed by atoms with Crippen LogP contribution in [0, 0.1) is 0 Å². The van der Waals surface area contributed by atoms with Gasteiger partial charge in [-0.3, -0.25) is 4.79 Å². The topological polar surface area (TPSA) is 86.3 Å². The molecule has 1 heterocycles. The monoisotopic (exact) mass is 511 g/mol. The van der Waals surface area contributed by atoms with Gasteiger partial charge < -0.3 is 25.2 Å². The Morgan fingerprint density at radius 1 is 1.32 bits per heavy atom. The summed E-state index contributed by atoms with van der Waals surface area (Å²) in [4.78, 5) is 31.9. The van der Waals surface area contributed by atoms with E-state index in [0.717, 1.165) is 19.3 Å². The van der Waals surface area contributed by atoms with Crippen molar-refractivity contribution in [2.75, 3.05) is 33.7 Å². The van der Waals surface area contributed by atoms with E-state index in [0.29, 0.717) is 19.0 Å². The summed E-state index contributed by atoms with van der Waals surface area (Å²) in [6, 6.07) is 0.298. The molecule has 0 aromatic heterocycles. The summed E-state index contributed by atoms with van der Waals surface area (Å²) in [6.45, 7) is 11.1. The number of piperidine rings is 1. The van der Waals surface area contributed by atoms with Crippen LogP contribution in [0.25, 0.3) is 0 Å². The number of nitrogens with zero attached hydrogens (tertiary/aromatic N) is 3. The minimum atomic E-state index is -0.505. The molecule has 2 N–H and O–H groups in total. The van der Waals surface area contributed by atoms with Gasteiger partial charge in [-0.25, -0.2) is 9.79 Å². The molecule has 1 aliphatic heterocycles. The van der Waals surface area contributed by atoms with Crippen molar-refractivity contribution in [2.45, 2.75) is 71.6 Å². The summed E-state index contributed by atoms with van der Waals surface area (Å²) in [6.07, 6.45) is 2.48. The number of ether oxygens (including phenoxy) is 1. The molecule has 0 saturated carbocycles. The molecule has 0 aromatic carbocycles. The maximum Gasteiger partial charge on any atom is 0.410 e. The molecule has 8 nitrogen and oxygen atoms in total. The predicted octanol–water partition coefficient (Wildman–Crippen LogP) is 2.43. The number of hydrogen-bond acceptors (Lipinski definition) is 4. The Balaban J connectivity index is 0.00000729. The van der Waals surface area contributed by atoms with Crippen molar-refractivity contribution < 1.29 is 14.3 Å². The van der Waals surface area contributed by atoms with Crippen LogP contribution in [0.3, 0.4) is 0 Å². The minimum Gasteiger partial charge on any atom is -0.444 e. The predicted molar refractivity (Wildman–Crippen MR) is 123 cm³/mol. The molecule has 164 valence electrons. The summed E-state index contributed by atoms with van der Waals surface area (Å²) in [7, 11) is 3.43. The highest BCUT2D eigenvalue weighted by molar-refractivity contribution is 14.0. The Labute approximate surface area is 186 Å². The maximum atomic E-state index is 12.3. The fraction of sp³-hybridized carbons (Fsp3) is 0.842. The van der Waals surface area contributed by atoms with Gasteiger partial charge in [-0.05, 0) is 47.0 Å². The number of carbonyl (C=O) groups excluding carboxylic acids is 2. The second-order valence-electron chi connectivity index (χ2n) is 8.32. The molecule has 2 atom stereocenters. The van der Waals surface area contributed by atoms with Crippen LogP contribution in [0.4, 0.5) is 4.79 Å². The van der Waals surface area contributed by atoms with E-state index in [1.165, 1.54) is 4.90 Å². The van der Waals surface area contributed by atoms with Crippen molar-refractivity contribution in [1.82, 2.24) is 20.4 Å². The summed E-state index contributed by atoms with van der Waals surface area (Å²) in [5, 5.41) is 6.71. The van der Waals surface area contributed by atoms with Gasteiger partial charge in [0.25, 0.3) is 0 Å². The average Bonchev–Trinajstić information content (AvgIpc) is 2.57. The van der Waals surface area contributed by atoms with E-state index in [9.17, 15) is 9.59 Å². The summed E-state index contributed by atoms with van der Waals surface area (Å²) < 4.78 is 5.48. The number of likely N-dealkylation sites (tertiary alicyclic amines) is 1. The molecule has 0 spiro atoms. The number of aliphatic imine (C=N–C) groups is 1. The number of halogens is 1. The van der Waals surface area contributed by atoms with Gasteiger partial charge in [0.05, 0.1) is 0 Å². The molecule has 9 heteroatoms. The van der Waals surface area contributed by atoms with Gasteiger partial charge in [-0.2, -0.15) is 0 Å². The summed E-state index contributed by atoms with van der Waals surface area (Å²) >= 11 is 0. The molecule has 2 unspecified atom stereocenters. The quantitative estimate of drug-likeness (QED) is 0.337. The van der Waals surface area contributed by atoms with Gasteiger partial charge >= 0.3 is 6.09 Å². The number of likely N-dealkylation sites (N-methyl/N-ethyl adjacent to an activating group) is 1. The van der Waals surface area contributed by atoms with Crippen molar-refractivity contribution in [3.63, 3.8) is 0 Å². The lowest BCUT2D eigenvalue weighted by molar-refractivity contribution is -0.127. The van der Waals surface area contributed by atoms with Crippen LogP contribution in [0.1, 0.15) is 53.9 Å². The lowest BCUT2D eigenvalue weighted by atomic mass is 10.1. The molecular weight excluding hydrogens is 473 g/mol. The first-order chi connectivity index (χ1) is 12.5. The Morgan fingerprint density at radius 3 is 2.50 bits per heavy atom. The van der Waals surface area contributed by atoms with Gasteiger partial charge in [0.2, 0.25) is 5.91 Å². The average molecular weight is 511 g/mol. The largest absolute Gasteiger partial charge is 0.444 e. The SMILES string of the molecule is CCC(C)NC(=NCC(=O)N(C)C)NC1CCCN(C(=O)OC(C)(C)C)C1.I. The minimum absolute atomic E-state index is 0. The Hall–Kier alpha value is -1.26. The van der Waals surface area contributed by atoms with Crippen LogP contribution in [-0.2, 0) is 9.53 Å². The number of hydrogen-bond donors (Lipinski definition) is 2. The highest BCUT2D eigenvalue weighted by atomic mass is 127. The van der Waals surface area contributed by atoms with E-state index in [1.807, 2.05) is 20.8 Å². The lowest BCUT2D eigenvalue weighted by Crippen LogP contribution is -2.54. The normalized spacial score (nSPS) is 18.6. The van der Waals surface area contributed by atoms with Crippen molar-refractivity contribution in [1.29, 1.82) is 0 Å². The molecule has 1 aliphatic rings. The van der Waals surface area contributed by atoms with Crippen LogP contribution >= 0.6 is 24.0 Å². The van der Waals surface area contributed by atoms with Crippen molar-refractivity contribution in [3.05, 3.63) is 0 Å². The molecular formula is C19H38IN5O3. The molecule has 0 bridgehead atoms. The number of amides is 2. The van der Waals surface area contributed by atoms with Crippen LogP contribution in [-0.4, -0.2) is 79.2 Å². The van der Waals surface area contributed by atoms with E-state index in [2.05, 4.69) is 29.5 Å². The number of rotatable bonds is 5. The first-order valence-corrected chi connectivity index (χ1v) is 9.77. The van der Waals surface area contributed by atoms with Crippen molar-refractivity contribution in [3.8, 4) is 0 Å². The second kappa shape index (κ2) is 12.3. The third-order valence-corrected chi connectivity index (χ3v) is 4.28. The molecule has 0 aliphatic carbocycles. The lowest BCUT2D eigenvalue weighted by Gasteiger charge is -2.35. The van der Waals surface area contributed by atoms with Crippen molar-refractivity contribution >= 4 is 41.9 Å². The first kappa shape index (κ1) is 26.7. The third-order valence-electron chi connectivity index (χ3n) is 4.28. The Kier molecular flexibility index (Phi) is 11.8. The van der Waals surface area contributed by atoms with Crippen LogP contribution in [0.15, 0.2) is 4.99 Å². The van der Waals surface area contributed by atoms with E-state index in [-0.39, 0.29) is 54.6 Å². The third kappa shape index (κ3) is 10.3. The molecule has 1 fully saturated rings. The number of guanidine groups is 1. The second-order valence-corrected chi connectivity index (χ2v) is 8.32. The van der Waals surface area contributed by atoms with Crippen LogP contribution in [0.2, 0.25) is 0 Å². The maximum absolute atomic E-state index is 12.3. The molecule has 2 amide bonds. The number of carbonyl (C=O) groups is 2. The molecule has 28 heavy (non-hydrogen) atoms. The van der Waals surface area contributed by atoms with E-state index in [1.54, 1.807) is 19.0 Å². The fourth-order valence-corrected chi connectivity index (χ4v) is 2.54. The fourth-order valence-electron chi connectivity index (χ4n) is 2.54. The zero-order chi connectivity index (χ0) is 20.6.